The van der Waals surface area contributed by atoms with Crippen LogP contribution in [0.5, 0.6) is 5.75 Å². The number of hydrogen-bond donors (Lipinski definition) is 2. The minimum Gasteiger partial charge on any atom is -0.482 e. The molecule has 3 N–H and O–H groups in total. The van der Waals surface area contributed by atoms with E-state index in [2.05, 4.69) is 0 Å². The summed E-state index contributed by atoms with van der Waals surface area (Å²) in [6, 6.07) is 7.05. The number of nitrogens with zero attached hydrogens (tertiary/aromatic N) is 1. The highest BCUT2D eigenvalue weighted by Gasteiger charge is 2.24. The molecule has 1 aliphatic rings. The van der Waals surface area contributed by atoms with Crippen molar-refractivity contribution in [3.8, 4) is 5.75 Å². The lowest BCUT2D eigenvalue weighted by Gasteiger charge is -2.16. The molecule has 92 valence electrons. The van der Waals surface area contributed by atoms with Crippen LogP contribution in [0.4, 0.5) is 5.69 Å². The monoisotopic (exact) mass is 236 g/mol. The van der Waals surface area contributed by atoms with Crippen molar-refractivity contribution in [2.45, 2.75) is 12.5 Å². The van der Waals surface area contributed by atoms with Crippen LogP contribution in [-0.2, 0) is 4.79 Å². The quantitative estimate of drug-likeness (QED) is 0.737. The highest BCUT2D eigenvalue weighted by molar-refractivity contribution is 5.78. The molecule has 17 heavy (non-hydrogen) atoms. The van der Waals surface area contributed by atoms with Crippen LogP contribution >= 0.6 is 0 Å². The van der Waals surface area contributed by atoms with Gasteiger partial charge in [0.15, 0.2) is 6.61 Å². The molecule has 1 amide bonds. The number of aliphatic hydroxyl groups is 1. The Balaban J connectivity index is 1.86. The van der Waals surface area contributed by atoms with Gasteiger partial charge in [0.25, 0.3) is 5.91 Å². The first-order chi connectivity index (χ1) is 8.16. The second kappa shape index (κ2) is 5.05. The third-order valence-electron chi connectivity index (χ3n) is 2.79. The number of para-hydroxylation sites is 2. The highest BCUT2D eigenvalue weighted by Crippen LogP contribution is 2.19. The summed E-state index contributed by atoms with van der Waals surface area (Å²) in [6.45, 7) is 0.945. The molecule has 0 aromatic heterocycles. The van der Waals surface area contributed by atoms with Crippen molar-refractivity contribution >= 4 is 11.6 Å². The van der Waals surface area contributed by atoms with Crippen LogP contribution in [0.15, 0.2) is 24.3 Å². The number of amides is 1. The predicted molar refractivity (Wildman–Crippen MR) is 63.6 cm³/mol. The Kier molecular flexibility index (Phi) is 3.49. The van der Waals surface area contributed by atoms with Crippen LogP contribution in [-0.4, -0.2) is 41.7 Å². The molecule has 0 spiro atoms. The van der Waals surface area contributed by atoms with Gasteiger partial charge in [-0.15, -0.1) is 0 Å². The van der Waals surface area contributed by atoms with E-state index in [4.69, 9.17) is 10.5 Å². The maximum atomic E-state index is 11.7. The van der Waals surface area contributed by atoms with Gasteiger partial charge in [0, 0.05) is 13.1 Å². The van der Waals surface area contributed by atoms with Gasteiger partial charge in [-0.05, 0) is 18.6 Å². The molecule has 5 heteroatoms. The van der Waals surface area contributed by atoms with Gasteiger partial charge in [-0.3, -0.25) is 4.79 Å². The van der Waals surface area contributed by atoms with Gasteiger partial charge in [0.2, 0.25) is 0 Å². The van der Waals surface area contributed by atoms with Crippen LogP contribution < -0.4 is 10.5 Å². The number of ether oxygens (including phenoxy) is 1. The van der Waals surface area contributed by atoms with Crippen molar-refractivity contribution in [1.29, 1.82) is 0 Å². The Morgan fingerprint density at radius 1 is 1.53 bits per heavy atom. The molecule has 1 aliphatic heterocycles. The molecular weight excluding hydrogens is 220 g/mol. The molecule has 0 radical (unpaired) electrons. The van der Waals surface area contributed by atoms with Gasteiger partial charge in [-0.25, -0.2) is 0 Å². The Hall–Kier alpha value is -1.75. The molecular formula is C12H16N2O3. The van der Waals surface area contributed by atoms with Gasteiger partial charge in [-0.2, -0.15) is 0 Å². The van der Waals surface area contributed by atoms with Gasteiger partial charge in [0.1, 0.15) is 5.75 Å². The molecule has 5 nitrogen and oxygen atoms in total. The average Bonchev–Trinajstić information content (AvgIpc) is 2.74. The number of nitrogen functional groups attached to an aromatic ring is 1. The second-order valence-corrected chi connectivity index (χ2v) is 4.11. The lowest BCUT2D eigenvalue weighted by Crippen LogP contribution is -2.33. The molecule has 0 unspecified atom stereocenters. The first-order valence-electron chi connectivity index (χ1n) is 5.60. The summed E-state index contributed by atoms with van der Waals surface area (Å²) in [5, 5.41) is 9.32. The fraction of sp³-hybridized carbons (Fsp3) is 0.417. The van der Waals surface area contributed by atoms with Crippen LogP contribution in [0.2, 0.25) is 0 Å². The molecule has 0 saturated carbocycles. The molecule has 1 aromatic rings. The number of hydrogen-bond acceptors (Lipinski definition) is 4. The first-order valence-corrected chi connectivity index (χ1v) is 5.60. The SMILES string of the molecule is Nc1ccccc1OCC(=O)N1CC[C@H](O)C1. The van der Waals surface area contributed by atoms with Crippen molar-refractivity contribution in [1.82, 2.24) is 4.90 Å². The van der Waals surface area contributed by atoms with Crippen LogP contribution in [0.3, 0.4) is 0 Å². The average molecular weight is 236 g/mol. The van der Waals surface area contributed by atoms with Crippen molar-refractivity contribution < 1.29 is 14.6 Å². The van der Waals surface area contributed by atoms with E-state index in [0.29, 0.717) is 30.9 Å². The number of benzene rings is 1. The Labute approximate surface area is 99.8 Å². The number of aliphatic hydroxyl groups excluding tert-OH is 1. The fourth-order valence-corrected chi connectivity index (χ4v) is 1.81. The van der Waals surface area contributed by atoms with E-state index in [1.54, 1.807) is 29.2 Å². The Morgan fingerprint density at radius 3 is 2.94 bits per heavy atom. The third-order valence-corrected chi connectivity index (χ3v) is 2.79. The normalized spacial score (nSPS) is 19.4. The van der Waals surface area contributed by atoms with Gasteiger partial charge >= 0.3 is 0 Å². The number of carbonyl (C=O) groups is 1. The zero-order chi connectivity index (χ0) is 12.3. The Bertz CT molecular complexity index is 408. The molecule has 1 saturated heterocycles. The lowest BCUT2D eigenvalue weighted by molar-refractivity contribution is -0.132. The number of carbonyl (C=O) groups excluding carboxylic acids is 1. The summed E-state index contributed by atoms with van der Waals surface area (Å²) in [5.74, 6) is 0.394. The van der Waals surface area contributed by atoms with Gasteiger partial charge in [-0.1, -0.05) is 12.1 Å². The fourth-order valence-electron chi connectivity index (χ4n) is 1.81. The van der Waals surface area contributed by atoms with Gasteiger partial charge in [0.05, 0.1) is 11.8 Å². The molecule has 0 bridgehead atoms. The summed E-state index contributed by atoms with van der Waals surface area (Å²) >= 11 is 0. The van der Waals surface area contributed by atoms with E-state index in [0.717, 1.165) is 0 Å². The largest absolute Gasteiger partial charge is 0.482 e. The van der Waals surface area contributed by atoms with Crippen molar-refractivity contribution in [2.75, 3.05) is 25.4 Å². The number of anilines is 1. The van der Waals surface area contributed by atoms with Crippen molar-refractivity contribution in [3.05, 3.63) is 24.3 Å². The standard InChI is InChI=1S/C12H16N2O3/c13-10-3-1-2-4-11(10)17-8-12(16)14-6-5-9(15)7-14/h1-4,9,15H,5-8,13H2/t9-/m0/s1. The van der Waals surface area contributed by atoms with Crippen LogP contribution in [0, 0.1) is 0 Å². The molecule has 0 aliphatic carbocycles. The van der Waals surface area contributed by atoms with E-state index in [-0.39, 0.29) is 12.5 Å². The second-order valence-electron chi connectivity index (χ2n) is 4.11. The summed E-state index contributed by atoms with van der Waals surface area (Å²) < 4.78 is 5.35. The minimum absolute atomic E-state index is 0.0407. The smallest absolute Gasteiger partial charge is 0.260 e. The summed E-state index contributed by atoms with van der Waals surface area (Å²) in [4.78, 5) is 13.3. The maximum absolute atomic E-state index is 11.7. The highest BCUT2D eigenvalue weighted by atomic mass is 16.5. The maximum Gasteiger partial charge on any atom is 0.260 e. The molecule has 1 atom stereocenters. The molecule has 1 aromatic carbocycles. The lowest BCUT2D eigenvalue weighted by atomic mass is 10.3. The molecule has 1 fully saturated rings. The third kappa shape index (κ3) is 2.88. The first kappa shape index (κ1) is 11.7. The van der Waals surface area contributed by atoms with Crippen molar-refractivity contribution in [2.24, 2.45) is 0 Å². The number of likely N-dealkylation sites (tertiary alicyclic amines) is 1. The van der Waals surface area contributed by atoms with E-state index in [1.807, 2.05) is 0 Å². The Morgan fingerprint density at radius 2 is 2.29 bits per heavy atom. The number of nitrogens with two attached hydrogens (primary N) is 1. The van der Waals surface area contributed by atoms with E-state index in [1.165, 1.54) is 0 Å². The number of β-amino-alcohol motifs (C(OH)–C–C–N with tert-alkyl or cyclic N) is 1. The minimum atomic E-state index is -0.402. The van der Waals surface area contributed by atoms with Crippen molar-refractivity contribution in [3.63, 3.8) is 0 Å². The van der Waals surface area contributed by atoms with Crippen LogP contribution in [0.25, 0.3) is 0 Å². The summed E-state index contributed by atoms with van der Waals surface area (Å²) in [5.41, 5.74) is 6.21. The zero-order valence-electron chi connectivity index (χ0n) is 9.50. The van der Waals surface area contributed by atoms with E-state index in [9.17, 15) is 9.90 Å². The van der Waals surface area contributed by atoms with Crippen LogP contribution in [0.1, 0.15) is 6.42 Å². The summed E-state index contributed by atoms with van der Waals surface area (Å²) in [6.07, 6.45) is 0.236. The topological polar surface area (TPSA) is 75.8 Å². The molecule has 1 heterocycles. The molecule has 2 rings (SSSR count). The van der Waals surface area contributed by atoms with E-state index < -0.39 is 6.10 Å². The van der Waals surface area contributed by atoms with E-state index >= 15 is 0 Å². The number of rotatable bonds is 3. The van der Waals surface area contributed by atoms with Gasteiger partial charge < -0.3 is 20.5 Å². The summed E-state index contributed by atoms with van der Waals surface area (Å²) in [7, 11) is 0. The predicted octanol–water partition coefficient (Wildman–Crippen LogP) is 0.241. The zero-order valence-corrected chi connectivity index (χ0v) is 9.50.